The second-order valence-corrected chi connectivity index (χ2v) is 6.80. The van der Waals surface area contributed by atoms with Gasteiger partial charge in [0.1, 0.15) is 0 Å². The number of likely N-dealkylation sites (N-methyl/N-ethyl adjacent to an activating group) is 1. The molecule has 4 atom stereocenters. The number of rotatable bonds is 5. The van der Waals surface area contributed by atoms with Gasteiger partial charge < -0.3 is 14.7 Å². The highest BCUT2D eigenvalue weighted by Crippen LogP contribution is 2.41. The average Bonchev–Trinajstić information content (AvgIpc) is 3.03. The van der Waals surface area contributed by atoms with E-state index in [0.717, 1.165) is 18.1 Å². The Kier molecular flexibility index (Phi) is 4.31. The molecule has 2 saturated heterocycles. The Hall–Kier alpha value is -0.940. The molecule has 118 valence electrons. The number of hydrogen-bond acceptors (Lipinski definition) is 5. The number of hydrogen-bond donors (Lipinski definition) is 1. The molecule has 0 radical (unpaired) electrons. The van der Waals surface area contributed by atoms with E-state index < -0.39 is 0 Å². The van der Waals surface area contributed by atoms with E-state index in [9.17, 15) is 0 Å². The molecule has 5 heteroatoms. The van der Waals surface area contributed by atoms with Gasteiger partial charge in [-0.25, -0.2) is 0 Å². The van der Waals surface area contributed by atoms with Gasteiger partial charge in [-0.1, -0.05) is 19.0 Å². The van der Waals surface area contributed by atoms with Crippen LogP contribution in [0.1, 0.15) is 69.5 Å². The van der Waals surface area contributed by atoms with E-state index in [-0.39, 0.29) is 5.92 Å². The molecule has 4 unspecified atom stereocenters. The SMILES string of the molecule is CCC(NC)C(C)c1nc(C2CC3CCC(C2)N3C)no1. The van der Waals surface area contributed by atoms with Gasteiger partial charge >= 0.3 is 0 Å². The monoisotopic (exact) mass is 292 g/mol. The normalized spacial score (nSPS) is 32.3. The Balaban J connectivity index is 1.71. The third-order valence-corrected chi connectivity index (χ3v) is 5.72. The fourth-order valence-corrected chi connectivity index (χ4v) is 4.20. The molecule has 0 aromatic carbocycles. The summed E-state index contributed by atoms with van der Waals surface area (Å²) in [5.74, 6) is 2.48. The Morgan fingerprint density at radius 2 is 2.00 bits per heavy atom. The fraction of sp³-hybridized carbons (Fsp3) is 0.875. The molecule has 0 spiro atoms. The zero-order valence-electron chi connectivity index (χ0n) is 13.7. The van der Waals surface area contributed by atoms with Crippen molar-refractivity contribution in [3.8, 4) is 0 Å². The van der Waals surface area contributed by atoms with Crippen molar-refractivity contribution in [1.29, 1.82) is 0 Å². The lowest BCUT2D eigenvalue weighted by Crippen LogP contribution is -2.39. The molecule has 3 heterocycles. The molecule has 2 aliphatic heterocycles. The van der Waals surface area contributed by atoms with Crippen molar-refractivity contribution in [3.05, 3.63) is 11.7 Å². The second kappa shape index (κ2) is 6.05. The quantitative estimate of drug-likeness (QED) is 0.903. The van der Waals surface area contributed by atoms with Crippen molar-refractivity contribution >= 4 is 0 Å². The van der Waals surface area contributed by atoms with Gasteiger partial charge in [-0.05, 0) is 46.2 Å². The Morgan fingerprint density at radius 1 is 1.33 bits per heavy atom. The van der Waals surface area contributed by atoms with Crippen molar-refractivity contribution in [2.75, 3.05) is 14.1 Å². The molecule has 2 bridgehead atoms. The van der Waals surface area contributed by atoms with E-state index in [1.165, 1.54) is 25.7 Å². The van der Waals surface area contributed by atoms with Crippen molar-refractivity contribution < 1.29 is 4.52 Å². The molecular formula is C16H28N4O. The van der Waals surface area contributed by atoms with E-state index in [0.29, 0.717) is 24.0 Å². The molecular weight excluding hydrogens is 264 g/mol. The first-order chi connectivity index (χ1) is 10.1. The summed E-state index contributed by atoms with van der Waals surface area (Å²) >= 11 is 0. The van der Waals surface area contributed by atoms with Gasteiger partial charge in [0.25, 0.3) is 0 Å². The topological polar surface area (TPSA) is 54.2 Å². The molecule has 1 N–H and O–H groups in total. The maximum atomic E-state index is 5.57. The maximum absolute atomic E-state index is 5.57. The Labute approximate surface area is 127 Å². The van der Waals surface area contributed by atoms with Gasteiger partial charge in [0, 0.05) is 24.0 Å². The standard InChI is InChI=1S/C16H28N4O/c1-5-14(17-3)10(2)16-18-15(19-21-16)11-8-12-6-7-13(9-11)20(12)4/h10-14,17H,5-9H2,1-4H3. The largest absolute Gasteiger partial charge is 0.339 e. The van der Waals surface area contributed by atoms with E-state index in [2.05, 4.69) is 36.3 Å². The van der Waals surface area contributed by atoms with Crippen LogP contribution in [0, 0.1) is 0 Å². The first kappa shape index (κ1) is 15.0. The summed E-state index contributed by atoms with van der Waals surface area (Å²) in [6, 6.07) is 1.83. The molecule has 1 aromatic heterocycles. The number of aromatic nitrogens is 2. The van der Waals surface area contributed by atoms with Crippen LogP contribution in [0.5, 0.6) is 0 Å². The van der Waals surface area contributed by atoms with Crippen molar-refractivity contribution in [2.24, 2.45) is 0 Å². The van der Waals surface area contributed by atoms with Crippen LogP contribution in [0.15, 0.2) is 4.52 Å². The molecule has 5 nitrogen and oxygen atoms in total. The first-order valence-electron chi connectivity index (χ1n) is 8.36. The fourth-order valence-electron chi connectivity index (χ4n) is 4.20. The lowest BCUT2D eigenvalue weighted by atomic mass is 9.90. The summed E-state index contributed by atoms with van der Waals surface area (Å²) in [6.45, 7) is 4.35. The Bertz CT molecular complexity index is 457. The van der Waals surface area contributed by atoms with Crippen LogP contribution in [0.4, 0.5) is 0 Å². The second-order valence-electron chi connectivity index (χ2n) is 6.80. The van der Waals surface area contributed by atoms with Crippen LogP contribution in [0.3, 0.4) is 0 Å². The van der Waals surface area contributed by atoms with Crippen molar-refractivity contribution in [2.45, 2.75) is 75.9 Å². The number of nitrogens with zero attached hydrogens (tertiary/aromatic N) is 3. The summed E-state index contributed by atoms with van der Waals surface area (Å²) in [6.07, 6.45) is 6.09. The van der Waals surface area contributed by atoms with E-state index in [1.807, 2.05) is 7.05 Å². The number of nitrogens with one attached hydrogen (secondary N) is 1. The zero-order valence-corrected chi connectivity index (χ0v) is 13.7. The van der Waals surface area contributed by atoms with Crippen LogP contribution >= 0.6 is 0 Å². The summed E-state index contributed by atoms with van der Waals surface area (Å²) < 4.78 is 5.57. The van der Waals surface area contributed by atoms with E-state index in [1.54, 1.807) is 0 Å². The highest BCUT2D eigenvalue weighted by Gasteiger charge is 2.40. The molecule has 1 aromatic rings. The minimum atomic E-state index is 0.268. The number of piperidine rings is 1. The summed E-state index contributed by atoms with van der Waals surface area (Å²) in [5.41, 5.74) is 0. The third kappa shape index (κ3) is 2.73. The molecule has 2 aliphatic rings. The van der Waals surface area contributed by atoms with Crippen LogP contribution in [-0.2, 0) is 0 Å². The number of fused-ring (bicyclic) bond motifs is 2. The molecule has 2 fully saturated rings. The maximum Gasteiger partial charge on any atom is 0.231 e. The van der Waals surface area contributed by atoms with E-state index >= 15 is 0 Å². The van der Waals surface area contributed by atoms with Gasteiger partial charge in [-0.2, -0.15) is 4.98 Å². The summed E-state index contributed by atoms with van der Waals surface area (Å²) in [4.78, 5) is 7.29. The van der Waals surface area contributed by atoms with Crippen LogP contribution in [-0.4, -0.2) is 47.3 Å². The molecule has 0 aliphatic carbocycles. The summed E-state index contributed by atoms with van der Waals surface area (Å²) in [5, 5.41) is 7.64. The first-order valence-corrected chi connectivity index (χ1v) is 8.36. The van der Waals surface area contributed by atoms with Gasteiger partial charge in [0.15, 0.2) is 5.82 Å². The molecule has 3 rings (SSSR count). The van der Waals surface area contributed by atoms with Crippen molar-refractivity contribution in [1.82, 2.24) is 20.4 Å². The van der Waals surface area contributed by atoms with Crippen molar-refractivity contribution in [3.63, 3.8) is 0 Å². The Morgan fingerprint density at radius 3 is 2.57 bits per heavy atom. The predicted molar refractivity (Wildman–Crippen MR) is 82.4 cm³/mol. The highest BCUT2D eigenvalue weighted by atomic mass is 16.5. The predicted octanol–water partition coefficient (Wildman–Crippen LogP) is 2.51. The minimum Gasteiger partial charge on any atom is -0.339 e. The highest BCUT2D eigenvalue weighted by molar-refractivity contribution is 5.07. The minimum absolute atomic E-state index is 0.268. The molecule has 21 heavy (non-hydrogen) atoms. The third-order valence-electron chi connectivity index (χ3n) is 5.72. The van der Waals surface area contributed by atoms with Crippen LogP contribution in [0.25, 0.3) is 0 Å². The lowest BCUT2D eigenvalue weighted by Gasteiger charge is -2.34. The summed E-state index contributed by atoms with van der Waals surface area (Å²) in [7, 11) is 4.26. The van der Waals surface area contributed by atoms with E-state index in [4.69, 9.17) is 9.51 Å². The van der Waals surface area contributed by atoms with Gasteiger partial charge in [-0.15, -0.1) is 0 Å². The van der Waals surface area contributed by atoms with Gasteiger partial charge in [-0.3, -0.25) is 0 Å². The lowest BCUT2D eigenvalue weighted by molar-refractivity contribution is 0.157. The molecule has 0 amide bonds. The van der Waals surface area contributed by atoms with Gasteiger partial charge in [0.2, 0.25) is 5.89 Å². The van der Waals surface area contributed by atoms with Crippen LogP contribution in [0.2, 0.25) is 0 Å². The zero-order chi connectivity index (χ0) is 15.0. The average molecular weight is 292 g/mol. The smallest absolute Gasteiger partial charge is 0.231 e. The van der Waals surface area contributed by atoms with Gasteiger partial charge in [0.05, 0.1) is 5.92 Å². The molecule has 0 saturated carbocycles. The van der Waals surface area contributed by atoms with Crippen LogP contribution < -0.4 is 5.32 Å².